The molecule has 240 valence electrons. The summed E-state index contributed by atoms with van der Waals surface area (Å²) in [4.78, 5) is 35.5. The van der Waals surface area contributed by atoms with Gasteiger partial charge in [-0.15, -0.1) is 0 Å². The van der Waals surface area contributed by atoms with E-state index < -0.39 is 11.8 Å². The number of nitrogens with one attached hydrogen (secondary N) is 4. The maximum atomic E-state index is 15.3. The second kappa shape index (κ2) is 15.3. The van der Waals surface area contributed by atoms with Gasteiger partial charge in [0.15, 0.2) is 11.6 Å². The maximum absolute atomic E-state index is 15.3. The SMILES string of the molecule is COc1nc(-c2ccnc(-c3cccc(Nc4nccc(CNCCC(=O)O)c4F)c3Cl)c2Cl)ccc1CNCC1CCC(=O)N1. The number of hydrogen-bond acceptors (Lipinski definition) is 9. The Kier molecular flexibility index (Phi) is 11.0. The lowest BCUT2D eigenvalue weighted by molar-refractivity contribution is -0.136. The first-order valence-corrected chi connectivity index (χ1v) is 15.3. The molecule has 0 spiro atoms. The monoisotopic (exact) mass is 667 g/mol. The van der Waals surface area contributed by atoms with Gasteiger partial charge in [-0.3, -0.25) is 14.6 Å². The normalized spacial score (nSPS) is 14.3. The maximum Gasteiger partial charge on any atom is 0.304 e. The molecule has 5 N–H and O–H groups in total. The van der Waals surface area contributed by atoms with Gasteiger partial charge in [0.05, 0.1) is 40.7 Å². The van der Waals surface area contributed by atoms with Gasteiger partial charge in [0, 0.05) is 73.3 Å². The third-order valence-corrected chi connectivity index (χ3v) is 8.19. The van der Waals surface area contributed by atoms with Crippen LogP contribution in [0, 0.1) is 5.82 Å². The topological polar surface area (TPSA) is 150 Å². The quantitative estimate of drug-likeness (QED) is 0.112. The summed E-state index contributed by atoms with van der Waals surface area (Å²) in [5.41, 5.74) is 3.66. The van der Waals surface area contributed by atoms with Crippen LogP contribution in [0.2, 0.25) is 10.0 Å². The van der Waals surface area contributed by atoms with Crippen molar-refractivity contribution < 1.29 is 23.8 Å². The van der Waals surface area contributed by atoms with E-state index in [0.717, 1.165) is 12.0 Å². The van der Waals surface area contributed by atoms with E-state index in [1.807, 2.05) is 12.1 Å². The first-order chi connectivity index (χ1) is 22.2. The van der Waals surface area contributed by atoms with Gasteiger partial charge in [-0.2, -0.15) is 0 Å². The Balaban J connectivity index is 1.34. The number of pyridine rings is 3. The van der Waals surface area contributed by atoms with Crippen LogP contribution >= 0.6 is 23.2 Å². The lowest BCUT2D eigenvalue weighted by Crippen LogP contribution is -2.35. The molecule has 11 nitrogen and oxygen atoms in total. The molecule has 1 aromatic carbocycles. The second-order valence-corrected chi connectivity index (χ2v) is 11.3. The summed E-state index contributed by atoms with van der Waals surface area (Å²) in [5, 5.41) is 21.5. The number of anilines is 2. The standard InChI is InChI=1S/C32H32Cl2FN7O4/c1-46-32-19(16-37-17-20-6-8-25(43)40-20)5-7-23(42-32)21-10-14-38-30(28(21)34)22-3-2-4-24(27(22)33)41-31-29(35)18(9-13-39-31)15-36-12-11-26(44)45/h2-5,7,9-10,13-14,20,36-37H,6,8,11-12,15-17H2,1H3,(H,39,41)(H,40,43)(H,44,45). The molecule has 14 heteroatoms. The number of rotatable bonds is 14. The zero-order valence-electron chi connectivity index (χ0n) is 24.9. The van der Waals surface area contributed by atoms with E-state index in [1.165, 1.54) is 12.3 Å². The molecule has 1 fully saturated rings. The average Bonchev–Trinajstić information content (AvgIpc) is 3.46. The molecule has 1 aliphatic rings. The van der Waals surface area contributed by atoms with Gasteiger partial charge in [-0.1, -0.05) is 41.4 Å². The highest BCUT2D eigenvalue weighted by molar-refractivity contribution is 6.39. The number of ether oxygens (including phenoxy) is 1. The number of hydrogen-bond donors (Lipinski definition) is 5. The van der Waals surface area contributed by atoms with Gasteiger partial charge in [0.1, 0.15) is 0 Å². The van der Waals surface area contributed by atoms with Crippen molar-refractivity contribution in [3.05, 3.63) is 81.8 Å². The number of halogens is 3. The van der Waals surface area contributed by atoms with Gasteiger partial charge in [0.2, 0.25) is 11.8 Å². The number of amides is 1. The van der Waals surface area contributed by atoms with Crippen molar-refractivity contribution in [1.29, 1.82) is 0 Å². The van der Waals surface area contributed by atoms with Gasteiger partial charge in [0.25, 0.3) is 0 Å². The first kappa shape index (κ1) is 33.0. The van der Waals surface area contributed by atoms with Crippen LogP contribution in [0.15, 0.2) is 54.9 Å². The minimum Gasteiger partial charge on any atom is -0.481 e. The molecular weight excluding hydrogens is 636 g/mol. The summed E-state index contributed by atoms with van der Waals surface area (Å²) in [5.74, 6) is -1.05. The van der Waals surface area contributed by atoms with Crippen molar-refractivity contribution in [1.82, 2.24) is 30.9 Å². The number of nitrogens with zero attached hydrogens (tertiary/aromatic N) is 3. The molecule has 1 aliphatic heterocycles. The lowest BCUT2D eigenvalue weighted by Gasteiger charge is -2.16. The van der Waals surface area contributed by atoms with E-state index >= 15 is 4.39 Å². The zero-order chi connectivity index (χ0) is 32.6. The molecule has 4 aromatic rings. The van der Waals surface area contributed by atoms with E-state index in [2.05, 4.69) is 31.2 Å². The van der Waals surface area contributed by atoms with Crippen molar-refractivity contribution >= 4 is 46.6 Å². The van der Waals surface area contributed by atoms with E-state index in [1.54, 1.807) is 37.6 Å². The Hall–Kier alpha value is -4.36. The predicted molar refractivity (Wildman–Crippen MR) is 174 cm³/mol. The summed E-state index contributed by atoms with van der Waals surface area (Å²) < 4.78 is 20.8. The molecule has 1 saturated heterocycles. The third-order valence-electron chi connectivity index (χ3n) is 7.40. The van der Waals surface area contributed by atoms with Gasteiger partial charge >= 0.3 is 5.97 Å². The smallest absolute Gasteiger partial charge is 0.304 e. The summed E-state index contributed by atoms with van der Waals surface area (Å²) >= 11 is 13.7. The van der Waals surface area contributed by atoms with E-state index in [9.17, 15) is 9.59 Å². The summed E-state index contributed by atoms with van der Waals surface area (Å²) in [6.45, 7) is 1.48. The number of carboxylic acids is 1. The van der Waals surface area contributed by atoms with E-state index in [4.69, 9.17) is 38.0 Å². The number of aliphatic carboxylic acids is 1. The fraction of sp³-hybridized carbons (Fsp3) is 0.281. The number of carbonyl (C=O) groups is 2. The van der Waals surface area contributed by atoms with Crippen molar-refractivity contribution in [3.63, 3.8) is 0 Å². The largest absolute Gasteiger partial charge is 0.481 e. The predicted octanol–water partition coefficient (Wildman–Crippen LogP) is 5.34. The third kappa shape index (κ3) is 7.88. The van der Waals surface area contributed by atoms with Crippen LogP contribution in [0.4, 0.5) is 15.9 Å². The molecule has 0 radical (unpaired) electrons. The van der Waals surface area contributed by atoms with Crippen LogP contribution in [0.5, 0.6) is 5.88 Å². The molecule has 3 aromatic heterocycles. The van der Waals surface area contributed by atoms with Crippen LogP contribution in [0.1, 0.15) is 30.4 Å². The molecule has 5 rings (SSSR count). The highest BCUT2D eigenvalue weighted by Crippen LogP contribution is 2.40. The van der Waals surface area contributed by atoms with Crippen molar-refractivity contribution in [2.45, 2.75) is 38.4 Å². The molecule has 46 heavy (non-hydrogen) atoms. The highest BCUT2D eigenvalue weighted by atomic mass is 35.5. The minimum atomic E-state index is -0.939. The van der Waals surface area contributed by atoms with E-state index in [0.29, 0.717) is 64.2 Å². The number of methoxy groups -OCH3 is 1. The number of carboxylic acid groups (broad SMARTS) is 1. The molecule has 0 bridgehead atoms. The zero-order valence-corrected chi connectivity index (χ0v) is 26.4. The molecular formula is C32H32Cl2FN7O4. The Morgan fingerprint density at radius 2 is 1.85 bits per heavy atom. The summed E-state index contributed by atoms with van der Waals surface area (Å²) in [6, 6.07) is 12.3. The molecule has 0 saturated carbocycles. The second-order valence-electron chi connectivity index (χ2n) is 10.6. The number of aromatic nitrogens is 3. The van der Waals surface area contributed by atoms with Crippen LogP contribution < -0.4 is 26.0 Å². The van der Waals surface area contributed by atoms with Gasteiger partial charge < -0.3 is 31.1 Å². The first-order valence-electron chi connectivity index (χ1n) is 14.6. The highest BCUT2D eigenvalue weighted by Gasteiger charge is 2.21. The van der Waals surface area contributed by atoms with Crippen molar-refractivity contribution in [3.8, 4) is 28.4 Å². The van der Waals surface area contributed by atoms with E-state index in [-0.39, 0.29) is 42.3 Å². The number of carbonyl (C=O) groups excluding carboxylic acids is 1. The fourth-order valence-corrected chi connectivity index (χ4v) is 5.61. The average molecular weight is 669 g/mol. The molecule has 0 aliphatic carbocycles. The summed E-state index contributed by atoms with van der Waals surface area (Å²) in [6.07, 6.45) is 4.34. The van der Waals surface area contributed by atoms with Gasteiger partial charge in [-0.05, 0) is 30.7 Å². The minimum absolute atomic E-state index is 0.0386. The van der Waals surface area contributed by atoms with Crippen LogP contribution in [-0.2, 0) is 22.7 Å². The van der Waals surface area contributed by atoms with Crippen LogP contribution in [0.3, 0.4) is 0 Å². The van der Waals surface area contributed by atoms with Crippen molar-refractivity contribution in [2.24, 2.45) is 0 Å². The number of benzene rings is 1. The molecule has 1 unspecified atom stereocenters. The Labute approximate surface area is 274 Å². The Morgan fingerprint density at radius 1 is 1.04 bits per heavy atom. The van der Waals surface area contributed by atoms with Crippen molar-refractivity contribution in [2.75, 3.05) is 25.5 Å². The molecule has 4 heterocycles. The van der Waals surface area contributed by atoms with Crippen LogP contribution in [0.25, 0.3) is 22.5 Å². The van der Waals surface area contributed by atoms with Crippen LogP contribution in [-0.4, -0.2) is 58.2 Å². The molecule has 1 atom stereocenters. The summed E-state index contributed by atoms with van der Waals surface area (Å²) in [7, 11) is 1.55. The Morgan fingerprint density at radius 3 is 2.61 bits per heavy atom. The lowest BCUT2D eigenvalue weighted by atomic mass is 10.1. The Bertz CT molecular complexity index is 1740. The fourth-order valence-electron chi connectivity index (χ4n) is 5.04. The molecule has 1 amide bonds. The van der Waals surface area contributed by atoms with Gasteiger partial charge in [-0.25, -0.2) is 14.4 Å².